The Hall–Kier alpha value is -0.521. The first kappa shape index (κ1) is 22.5. The van der Waals surface area contributed by atoms with Gasteiger partial charge in [0.25, 0.3) is 0 Å². The molecule has 2 aliphatic rings. The van der Waals surface area contributed by atoms with Crippen molar-refractivity contribution in [2.75, 3.05) is 0 Å². The van der Waals surface area contributed by atoms with Gasteiger partial charge in [0.15, 0.2) is 0 Å². The number of hydrogen-bond donors (Lipinski definition) is 0. The fraction of sp³-hybridized carbons (Fsp3) is 0.636. The molecule has 0 aromatic heterocycles. The summed E-state index contributed by atoms with van der Waals surface area (Å²) in [5.74, 6) is 1.42. The van der Waals surface area contributed by atoms with Gasteiger partial charge in [-0.2, -0.15) is 0 Å². The molecule has 0 aromatic rings. The topological polar surface area (TPSA) is 0 Å². The number of hydrogen-bond acceptors (Lipinski definition) is 0. The van der Waals surface area contributed by atoms with Gasteiger partial charge in [-0.3, -0.25) is 0 Å². The Labute approximate surface area is 155 Å². The molecule has 0 saturated carbocycles. The summed E-state index contributed by atoms with van der Waals surface area (Å²) in [5, 5.41) is 0. The smallest absolute Gasteiger partial charge is 0 e. The van der Waals surface area contributed by atoms with E-state index in [9.17, 15) is 0 Å². The second kappa shape index (κ2) is 9.09. The van der Waals surface area contributed by atoms with Crippen LogP contribution in [0.4, 0.5) is 0 Å². The van der Waals surface area contributed by atoms with E-state index in [1.165, 1.54) is 35.1 Å². The van der Waals surface area contributed by atoms with Crippen molar-refractivity contribution in [3.63, 3.8) is 0 Å². The molecule has 0 aromatic carbocycles. The monoisotopic (exact) mass is 356 g/mol. The quantitative estimate of drug-likeness (QED) is 0.452. The van der Waals surface area contributed by atoms with Gasteiger partial charge in [0, 0.05) is 17.1 Å². The Morgan fingerprint density at radius 1 is 0.565 bits per heavy atom. The zero-order chi connectivity index (χ0) is 17.2. The molecule has 0 heterocycles. The van der Waals surface area contributed by atoms with Crippen molar-refractivity contribution in [2.45, 2.75) is 82.1 Å². The zero-order valence-corrected chi connectivity index (χ0v) is 18.0. The summed E-state index contributed by atoms with van der Waals surface area (Å²) < 4.78 is 0. The maximum Gasteiger partial charge on any atom is 0 e. The molecule has 0 saturated heterocycles. The molecule has 0 bridgehead atoms. The van der Waals surface area contributed by atoms with E-state index in [2.05, 4.69) is 69.2 Å². The largest absolute Gasteiger partial charge is 0.0632 e. The van der Waals surface area contributed by atoms with Crippen molar-refractivity contribution < 1.29 is 17.1 Å². The minimum absolute atomic E-state index is 0. The SMILES string of the molecule is CCC1=C(C)C(C)=C(C)C1C.CCC1=C(C)C(C)=C(C)C1C.[Fe]. The van der Waals surface area contributed by atoms with Crippen LogP contribution in [0.1, 0.15) is 82.1 Å². The van der Waals surface area contributed by atoms with Gasteiger partial charge in [0.2, 0.25) is 0 Å². The maximum absolute atomic E-state index is 2.31. The first-order valence-corrected chi connectivity index (χ1v) is 8.93. The van der Waals surface area contributed by atoms with Crippen LogP contribution in [-0.4, -0.2) is 0 Å². The summed E-state index contributed by atoms with van der Waals surface area (Å²) in [6, 6.07) is 0. The molecule has 2 atom stereocenters. The average Bonchev–Trinajstić information content (AvgIpc) is 2.81. The molecule has 0 aliphatic heterocycles. The van der Waals surface area contributed by atoms with E-state index >= 15 is 0 Å². The van der Waals surface area contributed by atoms with E-state index in [0.29, 0.717) is 11.8 Å². The molecule has 1 heteroatoms. The van der Waals surface area contributed by atoms with Crippen LogP contribution >= 0.6 is 0 Å². The zero-order valence-electron chi connectivity index (χ0n) is 16.9. The summed E-state index contributed by atoms with van der Waals surface area (Å²) in [6.45, 7) is 22.6. The second-order valence-corrected chi connectivity index (χ2v) is 7.07. The van der Waals surface area contributed by atoms with E-state index in [-0.39, 0.29) is 17.1 Å². The van der Waals surface area contributed by atoms with Gasteiger partial charge in [-0.25, -0.2) is 0 Å². The van der Waals surface area contributed by atoms with Crippen molar-refractivity contribution in [3.8, 4) is 0 Å². The third kappa shape index (κ3) is 4.31. The van der Waals surface area contributed by atoms with Crippen molar-refractivity contribution in [1.82, 2.24) is 0 Å². The summed E-state index contributed by atoms with van der Waals surface area (Å²) in [6.07, 6.45) is 2.42. The molecular weight excluding hydrogens is 320 g/mol. The fourth-order valence-corrected chi connectivity index (χ4v) is 4.04. The number of allylic oxidation sites excluding steroid dienone is 8. The Bertz CT molecular complexity index is 515. The van der Waals surface area contributed by atoms with Gasteiger partial charge in [0.05, 0.1) is 0 Å². The minimum atomic E-state index is 0. The third-order valence-corrected chi connectivity index (χ3v) is 6.38. The molecule has 0 amide bonds. The van der Waals surface area contributed by atoms with Crippen molar-refractivity contribution >= 4 is 0 Å². The van der Waals surface area contributed by atoms with Crippen LogP contribution < -0.4 is 0 Å². The van der Waals surface area contributed by atoms with Crippen molar-refractivity contribution in [1.29, 1.82) is 0 Å². The first-order valence-electron chi connectivity index (χ1n) is 8.93. The molecule has 0 radical (unpaired) electrons. The van der Waals surface area contributed by atoms with E-state index in [0.717, 1.165) is 0 Å². The maximum atomic E-state index is 2.31. The molecule has 2 unspecified atom stereocenters. The van der Waals surface area contributed by atoms with Crippen LogP contribution in [0, 0.1) is 11.8 Å². The second-order valence-electron chi connectivity index (χ2n) is 7.07. The fourth-order valence-electron chi connectivity index (χ4n) is 4.04. The Kier molecular flexibility index (Phi) is 8.89. The Morgan fingerprint density at radius 2 is 0.826 bits per heavy atom. The molecule has 2 aliphatic carbocycles. The molecule has 23 heavy (non-hydrogen) atoms. The van der Waals surface area contributed by atoms with E-state index in [1.807, 2.05) is 0 Å². The van der Waals surface area contributed by atoms with Crippen LogP contribution in [0.2, 0.25) is 0 Å². The van der Waals surface area contributed by atoms with Crippen molar-refractivity contribution in [3.05, 3.63) is 44.6 Å². The number of rotatable bonds is 2. The van der Waals surface area contributed by atoms with Gasteiger partial charge in [-0.05, 0) is 88.5 Å². The molecule has 0 fully saturated rings. The van der Waals surface area contributed by atoms with E-state index in [1.54, 1.807) is 22.3 Å². The summed E-state index contributed by atoms with van der Waals surface area (Å²) in [4.78, 5) is 0. The van der Waals surface area contributed by atoms with E-state index in [4.69, 9.17) is 0 Å². The van der Waals surface area contributed by atoms with E-state index < -0.39 is 0 Å². The predicted octanol–water partition coefficient (Wildman–Crippen LogP) is 7.40. The van der Waals surface area contributed by atoms with Gasteiger partial charge >= 0.3 is 0 Å². The Balaban J connectivity index is 0.000000403. The molecule has 0 N–H and O–H groups in total. The molecule has 132 valence electrons. The standard InChI is InChI=1S/2C11H18.Fe/c2*1-6-11-9(4)7(2)8(3)10(11)5;/h2*9H,6H2,1-5H3;. The normalized spacial score (nSPS) is 24.3. The Morgan fingerprint density at radius 3 is 0.913 bits per heavy atom. The van der Waals surface area contributed by atoms with Gasteiger partial charge in [-0.15, -0.1) is 0 Å². The summed E-state index contributed by atoms with van der Waals surface area (Å²) in [5.41, 5.74) is 12.5. The van der Waals surface area contributed by atoms with Crippen LogP contribution in [0.5, 0.6) is 0 Å². The predicted molar refractivity (Wildman–Crippen MR) is 101 cm³/mol. The van der Waals surface area contributed by atoms with Gasteiger partial charge in [-0.1, -0.05) is 50.0 Å². The molecule has 2 rings (SSSR count). The first-order chi connectivity index (χ1) is 10.2. The summed E-state index contributed by atoms with van der Waals surface area (Å²) in [7, 11) is 0. The minimum Gasteiger partial charge on any atom is -0.0632 e. The molecular formula is C22H36Fe. The van der Waals surface area contributed by atoms with Crippen molar-refractivity contribution in [2.24, 2.45) is 11.8 Å². The van der Waals surface area contributed by atoms with Crippen LogP contribution in [0.15, 0.2) is 44.6 Å². The van der Waals surface area contributed by atoms with Crippen LogP contribution in [-0.2, 0) is 17.1 Å². The van der Waals surface area contributed by atoms with Crippen LogP contribution in [0.25, 0.3) is 0 Å². The third-order valence-electron chi connectivity index (χ3n) is 6.38. The van der Waals surface area contributed by atoms with Gasteiger partial charge < -0.3 is 0 Å². The molecule has 0 nitrogen and oxygen atoms in total. The summed E-state index contributed by atoms with van der Waals surface area (Å²) >= 11 is 0. The molecule has 0 spiro atoms. The van der Waals surface area contributed by atoms with Gasteiger partial charge in [0.1, 0.15) is 0 Å². The average molecular weight is 356 g/mol. The van der Waals surface area contributed by atoms with Crippen LogP contribution in [0.3, 0.4) is 0 Å².